The highest BCUT2D eigenvalue weighted by atomic mass is 16.3. The zero-order valence-corrected chi connectivity index (χ0v) is 9.22. The quantitative estimate of drug-likeness (QED) is 0.210. The first-order valence-corrected chi connectivity index (χ1v) is 5.07. The summed E-state index contributed by atoms with van der Waals surface area (Å²) in [7, 11) is 0. The topological polar surface area (TPSA) is 99.8 Å². The average molecular weight is 219 g/mol. The van der Waals surface area contributed by atoms with Gasteiger partial charge in [0.1, 0.15) is 12.5 Å². The lowest BCUT2D eigenvalue weighted by Crippen LogP contribution is -2.53. The van der Waals surface area contributed by atoms with Crippen LogP contribution in [0.15, 0.2) is 0 Å². The van der Waals surface area contributed by atoms with E-state index in [0.29, 0.717) is 6.42 Å². The fourth-order valence-corrected chi connectivity index (χ4v) is 1.06. The number of nitrogens with one attached hydrogen (secondary N) is 2. The molecule has 3 atom stereocenters. The summed E-state index contributed by atoms with van der Waals surface area (Å²) < 4.78 is 0. The number of nitrogens with zero attached hydrogens (tertiary/aromatic N) is 1. The Hall–Kier alpha value is -0.530. The van der Waals surface area contributed by atoms with Crippen molar-refractivity contribution in [1.29, 1.82) is 5.41 Å². The normalized spacial score (nSPS) is 17.5. The van der Waals surface area contributed by atoms with Gasteiger partial charge in [0.25, 0.3) is 0 Å². The Kier molecular flexibility index (Phi) is 7.45. The molecule has 15 heavy (non-hydrogen) atoms. The van der Waals surface area contributed by atoms with E-state index in [0.717, 1.165) is 6.21 Å². The zero-order chi connectivity index (χ0) is 11.8. The summed E-state index contributed by atoms with van der Waals surface area (Å²) in [6.45, 7) is 3.62. The van der Waals surface area contributed by atoms with Crippen LogP contribution in [0.2, 0.25) is 0 Å². The van der Waals surface area contributed by atoms with Crippen LogP contribution in [0.4, 0.5) is 0 Å². The van der Waals surface area contributed by atoms with Gasteiger partial charge in [0.2, 0.25) is 0 Å². The van der Waals surface area contributed by atoms with E-state index in [4.69, 9.17) is 10.5 Å². The van der Waals surface area contributed by atoms with Gasteiger partial charge in [-0.05, 0) is 19.6 Å². The molecular weight excluding hydrogens is 198 g/mol. The molecule has 0 aromatic carbocycles. The number of hydrogen-bond donors (Lipinski definition) is 5. The van der Waals surface area contributed by atoms with E-state index in [1.165, 1.54) is 5.01 Å². The minimum atomic E-state index is -0.962. The molecule has 0 saturated heterocycles. The summed E-state index contributed by atoms with van der Waals surface area (Å²) in [5.74, 6) is 0. The second kappa shape index (κ2) is 7.72. The maximum absolute atomic E-state index is 9.59. The molecule has 0 radical (unpaired) electrons. The summed E-state index contributed by atoms with van der Waals surface area (Å²) in [5.41, 5.74) is 2.73. The van der Waals surface area contributed by atoms with E-state index in [1.807, 2.05) is 0 Å². The van der Waals surface area contributed by atoms with Crippen molar-refractivity contribution in [3.05, 3.63) is 0 Å². The van der Waals surface area contributed by atoms with Gasteiger partial charge in [-0.3, -0.25) is 0 Å². The molecule has 3 unspecified atom stereocenters. The van der Waals surface area contributed by atoms with Gasteiger partial charge in [-0.15, -0.1) is 0 Å². The predicted molar refractivity (Wildman–Crippen MR) is 57.2 cm³/mol. The second-order valence-electron chi connectivity index (χ2n) is 3.43. The van der Waals surface area contributed by atoms with Crippen LogP contribution in [0.1, 0.15) is 26.7 Å². The molecule has 0 saturated carbocycles. The average Bonchev–Trinajstić information content (AvgIpc) is 2.17. The van der Waals surface area contributed by atoms with E-state index >= 15 is 0 Å². The van der Waals surface area contributed by atoms with Crippen LogP contribution in [0.3, 0.4) is 0 Å². The maximum atomic E-state index is 9.59. The van der Waals surface area contributed by atoms with Crippen LogP contribution in [0, 0.1) is 5.41 Å². The van der Waals surface area contributed by atoms with Crippen molar-refractivity contribution >= 4 is 6.21 Å². The molecule has 0 aromatic heterocycles. The summed E-state index contributed by atoms with van der Waals surface area (Å²) in [6.07, 6.45) is -0.714. The first-order valence-electron chi connectivity index (χ1n) is 5.07. The monoisotopic (exact) mass is 219 g/mol. The van der Waals surface area contributed by atoms with Crippen LogP contribution in [-0.4, -0.2) is 51.6 Å². The Morgan fingerprint density at radius 3 is 2.33 bits per heavy atom. The van der Waals surface area contributed by atoms with Gasteiger partial charge in [0.15, 0.2) is 0 Å². The van der Waals surface area contributed by atoms with Gasteiger partial charge in [-0.2, -0.15) is 5.01 Å². The van der Waals surface area contributed by atoms with Gasteiger partial charge in [0.05, 0.1) is 6.10 Å². The zero-order valence-electron chi connectivity index (χ0n) is 9.22. The molecule has 0 amide bonds. The molecule has 0 spiro atoms. The fourth-order valence-electron chi connectivity index (χ4n) is 1.06. The van der Waals surface area contributed by atoms with Crippen LogP contribution < -0.4 is 5.43 Å². The smallest absolute Gasteiger partial charge is 0.127 e. The summed E-state index contributed by atoms with van der Waals surface area (Å²) in [4.78, 5) is 0. The molecule has 0 aliphatic carbocycles. The van der Waals surface area contributed by atoms with Crippen molar-refractivity contribution in [2.45, 2.75) is 45.2 Å². The van der Waals surface area contributed by atoms with Crippen molar-refractivity contribution in [2.24, 2.45) is 0 Å². The lowest BCUT2D eigenvalue weighted by molar-refractivity contribution is -0.133. The lowest BCUT2D eigenvalue weighted by Gasteiger charge is -2.31. The fraction of sp³-hybridized carbons (Fsp3) is 0.889. The highest BCUT2D eigenvalue weighted by molar-refractivity contribution is 5.53. The third-order valence-corrected chi connectivity index (χ3v) is 1.91. The van der Waals surface area contributed by atoms with E-state index in [9.17, 15) is 10.2 Å². The standard InChI is InChI=1S/C9H21N3O3/c1-3-8(14)12(9(15)4-5-10)11-6-7(2)13/h5,7-11,13-15H,3-4,6H2,1-2H3. The Morgan fingerprint density at radius 1 is 1.33 bits per heavy atom. The first-order chi connectivity index (χ1) is 7.02. The minimum absolute atomic E-state index is 0.129. The number of rotatable bonds is 8. The van der Waals surface area contributed by atoms with Crippen LogP contribution in [0.25, 0.3) is 0 Å². The SMILES string of the molecule is CCC(O)N(NCC(C)O)C(O)CC=N. The minimum Gasteiger partial charge on any atom is -0.392 e. The molecule has 6 heteroatoms. The third kappa shape index (κ3) is 5.81. The summed E-state index contributed by atoms with van der Waals surface area (Å²) >= 11 is 0. The van der Waals surface area contributed by atoms with Crippen LogP contribution in [-0.2, 0) is 0 Å². The Balaban J connectivity index is 4.22. The molecule has 0 rings (SSSR count). The first kappa shape index (κ1) is 14.5. The molecule has 0 aliphatic heterocycles. The van der Waals surface area contributed by atoms with Gasteiger partial charge in [-0.1, -0.05) is 6.92 Å². The highest BCUT2D eigenvalue weighted by Gasteiger charge is 2.21. The third-order valence-electron chi connectivity index (χ3n) is 1.91. The Bertz CT molecular complexity index is 178. The van der Waals surface area contributed by atoms with Crippen LogP contribution in [0.5, 0.6) is 0 Å². The molecule has 0 aromatic rings. The number of aliphatic hydroxyl groups is 3. The number of hydrazine groups is 1. The van der Waals surface area contributed by atoms with Crippen LogP contribution >= 0.6 is 0 Å². The Labute approximate surface area is 90.0 Å². The summed E-state index contributed by atoms with van der Waals surface area (Å²) in [6, 6.07) is 0. The number of aliphatic hydroxyl groups excluding tert-OH is 3. The highest BCUT2D eigenvalue weighted by Crippen LogP contribution is 2.04. The molecule has 0 aliphatic rings. The van der Waals surface area contributed by atoms with E-state index in [2.05, 4.69) is 5.43 Å². The maximum Gasteiger partial charge on any atom is 0.127 e. The molecule has 5 N–H and O–H groups in total. The van der Waals surface area contributed by atoms with E-state index < -0.39 is 18.6 Å². The van der Waals surface area contributed by atoms with Crippen molar-refractivity contribution in [1.82, 2.24) is 10.4 Å². The molecule has 90 valence electrons. The molecule has 6 nitrogen and oxygen atoms in total. The molecule has 0 fully saturated rings. The Morgan fingerprint density at radius 2 is 1.93 bits per heavy atom. The van der Waals surface area contributed by atoms with Gasteiger partial charge < -0.3 is 20.7 Å². The van der Waals surface area contributed by atoms with Crippen molar-refractivity contribution in [2.75, 3.05) is 6.54 Å². The van der Waals surface area contributed by atoms with Gasteiger partial charge >= 0.3 is 0 Å². The summed E-state index contributed by atoms with van der Waals surface area (Å²) in [5, 5.41) is 36.4. The number of hydrogen-bond acceptors (Lipinski definition) is 6. The molecule has 0 heterocycles. The predicted octanol–water partition coefficient (Wildman–Crippen LogP) is -0.740. The van der Waals surface area contributed by atoms with Crippen molar-refractivity contribution < 1.29 is 15.3 Å². The van der Waals surface area contributed by atoms with Crippen molar-refractivity contribution in [3.63, 3.8) is 0 Å². The molecule has 0 bridgehead atoms. The largest absolute Gasteiger partial charge is 0.392 e. The van der Waals surface area contributed by atoms with Crippen molar-refractivity contribution in [3.8, 4) is 0 Å². The molecular formula is C9H21N3O3. The van der Waals surface area contributed by atoms with Gasteiger partial charge in [0, 0.05) is 13.0 Å². The van der Waals surface area contributed by atoms with Gasteiger partial charge in [-0.25, -0.2) is 5.43 Å². The second-order valence-corrected chi connectivity index (χ2v) is 3.43. The van der Waals surface area contributed by atoms with E-state index in [1.54, 1.807) is 13.8 Å². The van der Waals surface area contributed by atoms with E-state index in [-0.39, 0.29) is 13.0 Å². The lowest BCUT2D eigenvalue weighted by atomic mass is 10.3.